The van der Waals surface area contributed by atoms with E-state index in [1.54, 1.807) is 6.92 Å². The first kappa shape index (κ1) is 9.87. The number of rotatable bonds is 4. The zero-order chi connectivity index (χ0) is 8.20. The molecule has 0 saturated carbocycles. The highest BCUT2D eigenvalue weighted by molar-refractivity contribution is 7.86. The Balaban J connectivity index is 3.89. The molecule has 0 aromatic rings. The Bertz CT molecular complexity index is 173. The van der Waals surface area contributed by atoms with E-state index in [1.165, 1.54) is 19.2 Å². The molecular formula is C5H13NO3S. The highest BCUT2D eigenvalue weighted by Gasteiger charge is 2.10. The van der Waals surface area contributed by atoms with Gasteiger partial charge in [0.1, 0.15) is 0 Å². The van der Waals surface area contributed by atoms with E-state index in [2.05, 4.69) is 4.28 Å². The van der Waals surface area contributed by atoms with Gasteiger partial charge in [-0.05, 0) is 6.42 Å². The van der Waals surface area contributed by atoms with Gasteiger partial charge in [0.2, 0.25) is 0 Å². The minimum absolute atomic E-state index is 0.0746. The third-order valence-electron chi connectivity index (χ3n) is 0.717. The third kappa shape index (κ3) is 4.72. The summed E-state index contributed by atoms with van der Waals surface area (Å²) >= 11 is 0. The van der Waals surface area contributed by atoms with Crippen LogP contribution in [0.5, 0.6) is 0 Å². The fourth-order valence-corrected chi connectivity index (χ4v) is 1.54. The van der Waals surface area contributed by atoms with Gasteiger partial charge in [-0.25, -0.2) is 0 Å². The zero-order valence-corrected chi connectivity index (χ0v) is 7.31. The highest BCUT2D eigenvalue weighted by Crippen LogP contribution is 1.96. The summed E-state index contributed by atoms with van der Waals surface area (Å²) in [5, 5.41) is 1.17. The van der Waals surface area contributed by atoms with E-state index in [1.807, 2.05) is 0 Å². The molecule has 0 amide bonds. The van der Waals surface area contributed by atoms with E-state index in [4.69, 9.17) is 0 Å². The van der Waals surface area contributed by atoms with Crippen LogP contribution in [-0.2, 0) is 14.4 Å². The van der Waals surface area contributed by atoms with Crippen LogP contribution >= 0.6 is 0 Å². The monoisotopic (exact) mass is 167 g/mol. The molecule has 0 aliphatic heterocycles. The number of hydroxylamine groups is 2. The summed E-state index contributed by atoms with van der Waals surface area (Å²) in [6.45, 7) is 1.79. The summed E-state index contributed by atoms with van der Waals surface area (Å²) in [6.07, 6.45) is 0.580. The summed E-state index contributed by atoms with van der Waals surface area (Å²) in [5.41, 5.74) is 0. The van der Waals surface area contributed by atoms with Gasteiger partial charge in [0.05, 0.1) is 5.75 Å². The highest BCUT2D eigenvalue weighted by atomic mass is 32.2. The average molecular weight is 167 g/mol. The average Bonchev–Trinajstić information content (AvgIpc) is 1.59. The lowest BCUT2D eigenvalue weighted by atomic mass is 10.6. The molecule has 0 unspecified atom stereocenters. The Kier molecular flexibility index (Phi) is 3.85. The molecule has 62 valence electrons. The predicted octanol–water partition coefficient (Wildman–Crippen LogP) is 0.219. The predicted molar refractivity (Wildman–Crippen MR) is 38.8 cm³/mol. The quantitative estimate of drug-likeness (QED) is 0.562. The van der Waals surface area contributed by atoms with Crippen LogP contribution < -0.4 is 0 Å². The van der Waals surface area contributed by atoms with Gasteiger partial charge in [0.15, 0.2) is 0 Å². The van der Waals surface area contributed by atoms with Crippen molar-refractivity contribution < 1.29 is 12.7 Å². The van der Waals surface area contributed by atoms with Crippen LogP contribution in [0.25, 0.3) is 0 Å². The van der Waals surface area contributed by atoms with Crippen LogP contribution in [0.1, 0.15) is 13.3 Å². The first-order valence-electron chi connectivity index (χ1n) is 3.07. The van der Waals surface area contributed by atoms with Crippen LogP contribution in [0.2, 0.25) is 0 Å². The van der Waals surface area contributed by atoms with Gasteiger partial charge < -0.3 is 0 Å². The van der Waals surface area contributed by atoms with Crippen LogP contribution in [0.15, 0.2) is 0 Å². The molecule has 0 atom stereocenters. The molecule has 0 aliphatic carbocycles. The first-order chi connectivity index (χ1) is 4.48. The molecule has 0 aliphatic rings. The lowest BCUT2D eigenvalue weighted by molar-refractivity contribution is 0.00524. The van der Waals surface area contributed by atoms with E-state index in [0.717, 1.165) is 0 Å². The Morgan fingerprint density at radius 2 is 1.90 bits per heavy atom. The summed E-state index contributed by atoms with van der Waals surface area (Å²) < 4.78 is 26.0. The topological polar surface area (TPSA) is 46.6 Å². The van der Waals surface area contributed by atoms with Crippen molar-refractivity contribution in [2.45, 2.75) is 13.3 Å². The maximum atomic E-state index is 10.8. The zero-order valence-electron chi connectivity index (χ0n) is 6.49. The SMILES string of the molecule is CCCS(=O)(=O)ON(C)C. The van der Waals surface area contributed by atoms with Gasteiger partial charge in [-0.1, -0.05) is 6.92 Å². The second-order valence-corrected chi connectivity index (χ2v) is 3.82. The van der Waals surface area contributed by atoms with Crippen LogP contribution in [0.4, 0.5) is 0 Å². The fourth-order valence-electron chi connectivity index (χ4n) is 0.514. The van der Waals surface area contributed by atoms with Crippen LogP contribution in [0.3, 0.4) is 0 Å². The lowest BCUT2D eigenvalue weighted by Gasteiger charge is -2.08. The molecule has 0 spiro atoms. The largest absolute Gasteiger partial charge is 0.283 e. The van der Waals surface area contributed by atoms with E-state index in [0.29, 0.717) is 6.42 Å². The Labute approximate surface area is 61.9 Å². The minimum Gasteiger partial charge on any atom is -0.198 e. The van der Waals surface area contributed by atoms with Gasteiger partial charge in [0, 0.05) is 14.1 Å². The molecule has 5 heteroatoms. The molecule has 0 aromatic heterocycles. The maximum absolute atomic E-state index is 10.8. The van der Waals surface area contributed by atoms with Gasteiger partial charge in [-0.3, -0.25) is 0 Å². The Morgan fingerprint density at radius 1 is 1.40 bits per heavy atom. The third-order valence-corrected chi connectivity index (χ3v) is 2.15. The second kappa shape index (κ2) is 3.90. The van der Waals surface area contributed by atoms with Crippen molar-refractivity contribution in [3.63, 3.8) is 0 Å². The van der Waals surface area contributed by atoms with E-state index in [-0.39, 0.29) is 5.75 Å². The van der Waals surface area contributed by atoms with Crippen molar-refractivity contribution in [3.8, 4) is 0 Å². The van der Waals surface area contributed by atoms with Gasteiger partial charge in [-0.15, -0.1) is 0 Å². The van der Waals surface area contributed by atoms with Crippen molar-refractivity contribution >= 4 is 10.1 Å². The second-order valence-electron chi connectivity index (χ2n) is 2.15. The van der Waals surface area contributed by atoms with E-state index < -0.39 is 10.1 Å². The molecule has 0 heterocycles. The smallest absolute Gasteiger partial charge is 0.198 e. The van der Waals surface area contributed by atoms with Crippen molar-refractivity contribution in [1.29, 1.82) is 0 Å². The first-order valence-corrected chi connectivity index (χ1v) is 4.65. The van der Waals surface area contributed by atoms with Crippen molar-refractivity contribution in [2.24, 2.45) is 0 Å². The molecule has 0 bridgehead atoms. The Hall–Kier alpha value is -0.130. The van der Waals surface area contributed by atoms with Gasteiger partial charge in [-0.2, -0.15) is 17.8 Å². The summed E-state index contributed by atoms with van der Waals surface area (Å²) in [6, 6.07) is 0. The minimum atomic E-state index is -3.30. The number of hydrogen-bond donors (Lipinski definition) is 0. The van der Waals surface area contributed by atoms with Crippen molar-refractivity contribution in [1.82, 2.24) is 5.06 Å². The summed E-state index contributed by atoms with van der Waals surface area (Å²) in [4.78, 5) is 0. The van der Waals surface area contributed by atoms with Crippen molar-refractivity contribution in [2.75, 3.05) is 19.8 Å². The standard InChI is InChI=1S/C5H13NO3S/c1-4-5-10(7,8)9-6(2)3/h4-5H2,1-3H3. The molecule has 0 rings (SSSR count). The molecule has 0 N–H and O–H groups in total. The molecule has 0 aromatic carbocycles. The molecule has 10 heavy (non-hydrogen) atoms. The van der Waals surface area contributed by atoms with Crippen molar-refractivity contribution in [3.05, 3.63) is 0 Å². The van der Waals surface area contributed by atoms with Crippen LogP contribution in [-0.4, -0.2) is 33.3 Å². The number of nitrogens with zero attached hydrogens (tertiary/aromatic N) is 1. The molecule has 0 fully saturated rings. The summed E-state index contributed by atoms with van der Waals surface area (Å²) in [7, 11) is -0.235. The number of hydrogen-bond acceptors (Lipinski definition) is 4. The lowest BCUT2D eigenvalue weighted by Crippen LogP contribution is -2.20. The molecule has 0 saturated heterocycles. The summed E-state index contributed by atoms with van der Waals surface area (Å²) in [5.74, 6) is 0.0746. The maximum Gasteiger partial charge on any atom is 0.283 e. The molecule has 4 nitrogen and oxygen atoms in total. The molecular weight excluding hydrogens is 154 g/mol. The molecule has 0 radical (unpaired) electrons. The Morgan fingerprint density at radius 3 is 2.20 bits per heavy atom. The van der Waals surface area contributed by atoms with Gasteiger partial charge >= 0.3 is 0 Å². The van der Waals surface area contributed by atoms with E-state index >= 15 is 0 Å². The van der Waals surface area contributed by atoms with E-state index in [9.17, 15) is 8.42 Å². The fraction of sp³-hybridized carbons (Fsp3) is 1.00. The normalized spacial score (nSPS) is 12.4. The van der Waals surface area contributed by atoms with Gasteiger partial charge in [0.25, 0.3) is 10.1 Å². The van der Waals surface area contributed by atoms with Crippen LogP contribution in [0, 0.1) is 0 Å².